The van der Waals surface area contributed by atoms with Gasteiger partial charge < -0.3 is 0 Å². The normalized spacial score (nSPS) is 11.7. The van der Waals surface area contributed by atoms with E-state index in [9.17, 15) is 0 Å². The van der Waals surface area contributed by atoms with Crippen molar-refractivity contribution < 1.29 is 0 Å². The molecular formula is C26H18N10. The lowest BCUT2D eigenvalue weighted by Crippen LogP contribution is -1.99. The predicted octanol–water partition coefficient (Wildman–Crippen LogP) is 4.41. The second-order valence-electron chi connectivity index (χ2n) is 7.69. The average molecular weight is 471 g/mol. The maximum Gasteiger partial charge on any atom is 0.146 e. The van der Waals surface area contributed by atoms with E-state index < -0.39 is 0 Å². The van der Waals surface area contributed by atoms with Crippen LogP contribution in [0.3, 0.4) is 0 Å². The van der Waals surface area contributed by atoms with Gasteiger partial charge in [0.1, 0.15) is 22.7 Å². The largest absolute Gasteiger partial charge is 0.261 e. The van der Waals surface area contributed by atoms with Crippen molar-refractivity contribution in [1.29, 1.82) is 0 Å². The molecule has 5 aromatic heterocycles. The third kappa shape index (κ3) is 4.26. The first kappa shape index (κ1) is 21.2. The summed E-state index contributed by atoms with van der Waals surface area (Å²) in [6.45, 7) is 0. The highest BCUT2D eigenvalue weighted by atomic mass is 15.3. The first-order chi connectivity index (χ1) is 17.8. The summed E-state index contributed by atoms with van der Waals surface area (Å²) < 4.78 is 0. The van der Waals surface area contributed by atoms with Gasteiger partial charge in [0.2, 0.25) is 0 Å². The molecule has 1 aromatic carbocycles. The maximum absolute atomic E-state index is 4.80. The first-order valence-electron chi connectivity index (χ1n) is 11.1. The molecule has 10 nitrogen and oxygen atoms in total. The molecule has 6 rings (SSSR count). The number of anilines is 2. The topological polar surface area (TPSA) is 126 Å². The summed E-state index contributed by atoms with van der Waals surface area (Å²) >= 11 is 0. The van der Waals surface area contributed by atoms with Gasteiger partial charge in [0.05, 0.1) is 34.9 Å². The molecule has 0 unspecified atom stereocenters. The van der Waals surface area contributed by atoms with E-state index in [4.69, 9.17) is 9.97 Å². The molecule has 6 aromatic rings. The Morgan fingerprint density at radius 3 is 1.44 bits per heavy atom. The Bertz CT molecular complexity index is 1610. The van der Waals surface area contributed by atoms with Crippen molar-refractivity contribution in [3.05, 3.63) is 96.8 Å². The van der Waals surface area contributed by atoms with E-state index >= 15 is 0 Å². The van der Waals surface area contributed by atoms with E-state index in [2.05, 4.69) is 41.0 Å². The Hall–Kier alpha value is -5.38. The van der Waals surface area contributed by atoms with Crippen LogP contribution in [0.25, 0.3) is 32.8 Å². The van der Waals surface area contributed by atoms with Gasteiger partial charge >= 0.3 is 0 Å². The van der Waals surface area contributed by atoms with E-state index in [1.807, 2.05) is 60.7 Å². The second kappa shape index (κ2) is 9.47. The molecule has 0 fully saturated rings. The van der Waals surface area contributed by atoms with Gasteiger partial charge in [-0.3, -0.25) is 30.8 Å². The lowest BCUT2D eigenvalue weighted by molar-refractivity contribution is 1.23. The van der Waals surface area contributed by atoms with Crippen molar-refractivity contribution in [1.82, 2.24) is 29.9 Å². The standard InChI is InChI=1S/C26H18N10/c1-3-11-27-17(5-1)15-31-35-21-9-7-19-23-24(30-14-13-29-23)20-8-10-22(34-26(20)25(19)33-21)36-32-16-18-6-2-4-12-28-18/h1-16H,(H,33,35)(H,34,36)/b31-15+,32-16+. The Morgan fingerprint density at radius 2 is 1.00 bits per heavy atom. The van der Waals surface area contributed by atoms with Crippen LogP contribution in [0.5, 0.6) is 0 Å². The summed E-state index contributed by atoms with van der Waals surface area (Å²) in [5, 5.41) is 10.2. The summed E-state index contributed by atoms with van der Waals surface area (Å²) in [5.74, 6) is 1.13. The molecule has 0 aliphatic heterocycles. The van der Waals surface area contributed by atoms with Gasteiger partial charge in [-0.15, -0.1) is 0 Å². The summed E-state index contributed by atoms with van der Waals surface area (Å²) in [6.07, 6.45) is 10.0. The van der Waals surface area contributed by atoms with Crippen LogP contribution >= 0.6 is 0 Å². The highest BCUT2D eigenvalue weighted by Crippen LogP contribution is 2.32. The molecule has 0 aliphatic rings. The third-order valence-corrected chi connectivity index (χ3v) is 5.35. The predicted molar refractivity (Wildman–Crippen MR) is 141 cm³/mol. The molecule has 0 amide bonds. The minimum atomic E-state index is 0.563. The smallest absolute Gasteiger partial charge is 0.146 e. The minimum Gasteiger partial charge on any atom is -0.261 e. The molecule has 0 atom stereocenters. The SMILES string of the molecule is C(=N\Nc1ccc2c3nccnc3c3ccc(N/N=C/c4ccccn4)nc3c2n1)/c1ccccn1. The van der Waals surface area contributed by atoms with Crippen molar-refractivity contribution in [3.8, 4) is 0 Å². The zero-order valence-electron chi connectivity index (χ0n) is 18.8. The number of rotatable bonds is 6. The van der Waals surface area contributed by atoms with Crippen LogP contribution < -0.4 is 10.9 Å². The molecule has 0 saturated heterocycles. The van der Waals surface area contributed by atoms with Crippen molar-refractivity contribution in [2.75, 3.05) is 10.9 Å². The monoisotopic (exact) mass is 470 g/mol. The zero-order valence-corrected chi connectivity index (χ0v) is 18.8. The van der Waals surface area contributed by atoms with Crippen LogP contribution in [0.4, 0.5) is 11.6 Å². The van der Waals surface area contributed by atoms with E-state index in [0.717, 1.165) is 33.2 Å². The van der Waals surface area contributed by atoms with E-state index in [0.29, 0.717) is 22.7 Å². The Morgan fingerprint density at radius 1 is 0.500 bits per heavy atom. The molecule has 5 heterocycles. The van der Waals surface area contributed by atoms with Crippen molar-refractivity contribution in [2.24, 2.45) is 10.2 Å². The van der Waals surface area contributed by atoms with Crippen LogP contribution in [0.1, 0.15) is 11.4 Å². The molecule has 0 saturated carbocycles. The van der Waals surface area contributed by atoms with E-state index in [-0.39, 0.29) is 0 Å². The van der Waals surface area contributed by atoms with Crippen molar-refractivity contribution in [2.45, 2.75) is 0 Å². The highest BCUT2D eigenvalue weighted by Gasteiger charge is 2.14. The van der Waals surface area contributed by atoms with Gasteiger partial charge in [0, 0.05) is 35.6 Å². The fraction of sp³-hybridized carbons (Fsp3) is 0. The Balaban J connectivity index is 1.40. The number of hydrogen-bond acceptors (Lipinski definition) is 10. The molecule has 172 valence electrons. The van der Waals surface area contributed by atoms with E-state index in [1.54, 1.807) is 37.2 Å². The van der Waals surface area contributed by atoms with Crippen molar-refractivity contribution >= 4 is 56.9 Å². The number of benzene rings is 1. The number of fused-ring (bicyclic) bond motifs is 6. The van der Waals surface area contributed by atoms with Crippen LogP contribution in [0, 0.1) is 0 Å². The van der Waals surface area contributed by atoms with Gasteiger partial charge in [-0.2, -0.15) is 10.2 Å². The zero-order chi connectivity index (χ0) is 24.2. The number of nitrogens with one attached hydrogen (secondary N) is 2. The molecule has 0 spiro atoms. The second-order valence-corrected chi connectivity index (χ2v) is 7.69. The fourth-order valence-electron chi connectivity index (χ4n) is 3.75. The first-order valence-corrected chi connectivity index (χ1v) is 11.1. The summed E-state index contributed by atoms with van der Waals surface area (Å²) in [4.78, 5) is 27.2. The van der Waals surface area contributed by atoms with Crippen LogP contribution in [-0.2, 0) is 0 Å². The highest BCUT2D eigenvalue weighted by molar-refractivity contribution is 6.20. The third-order valence-electron chi connectivity index (χ3n) is 5.35. The van der Waals surface area contributed by atoms with Gasteiger partial charge in [-0.1, -0.05) is 12.1 Å². The lowest BCUT2D eigenvalue weighted by atomic mass is 10.1. The van der Waals surface area contributed by atoms with Gasteiger partial charge in [0.15, 0.2) is 0 Å². The summed E-state index contributed by atoms with van der Waals surface area (Å²) in [5.41, 5.74) is 10.3. The molecule has 0 radical (unpaired) electrons. The minimum absolute atomic E-state index is 0.563. The number of hydrazone groups is 2. The molecule has 0 bridgehead atoms. The number of pyridine rings is 4. The van der Waals surface area contributed by atoms with Crippen LogP contribution in [0.15, 0.2) is 95.7 Å². The van der Waals surface area contributed by atoms with Crippen molar-refractivity contribution in [3.63, 3.8) is 0 Å². The Labute approximate surface area is 204 Å². The molecule has 36 heavy (non-hydrogen) atoms. The Kier molecular flexibility index (Phi) is 5.57. The number of nitrogens with zero attached hydrogens (tertiary/aromatic N) is 8. The molecule has 2 N–H and O–H groups in total. The lowest BCUT2D eigenvalue weighted by Gasteiger charge is -2.10. The molecule has 10 heteroatoms. The number of aromatic nitrogens is 6. The number of hydrogen-bond donors (Lipinski definition) is 2. The summed E-state index contributed by atoms with van der Waals surface area (Å²) in [7, 11) is 0. The van der Waals surface area contributed by atoms with Gasteiger partial charge in [-0.05, 0) is 48.5 Å². The maximum atomic E-state index is 4.80. The van der Waals surface area contributed by atoms with Crippen LogP contribution in [0.2, 0.25) is 0 Å². The fourth-order valence-corrected chi connectivity index (χ4v) is 3.75. The quantitative estimate of drug-likeness (QED) is 0.208. The molecule has 0 aliphatic carbocycles. The van der Waals surface area contributed by atoms with Gasteiger partial charge in [0.25, 0.3) is 0 Å². The summed E-state index contributed by atoms with van der Waals surface area (Å²) in [6, 6.07) is 18.8. The molecular weight excluding hydrogens is 452 g/mol. The van der Waals surface area contributed by atoms with Crippen LogP contribution in [-0.4, -0.2) is 42.3 Å². The average Bonchev–Trinajstić information content (AvgIpc) is 2.94. The van der Waals surface area contributed by atoms with E-state index in [1.165, 1.54) is 0 Å². The van der Waals surface area contributed by atoms with Gasteiger partial charge in [-0.25, -0.2) is 9.97 Å².